The Labute approximate surface area is 334 Å². The van der Waals surface area contributed by atoms with E-state index in [0.717, 1.165) is 11.4 Å². The van der Waals surface area contributed by atoms with Gasteiger partial charge in [0.05, 0.1) is 28.2 Å². The highest BCUT2D eigenvalue weighted by molar-refractivity contribution is 5.98. The largest absolute Gasteiger partial charge is 0.310 e. The number of nitrogens with zero attached hydrogens (tertiary/aromatic N) is 2. The number of anilines is 6. The van der Waals surface area contributed by atoms with Crippen molar-refractivity contribution in [2.24, 2.45) is 0 Å². The molecular formula is C55H38N2. The number of hydrogen-bond acceptors (Lipinski definition) is 2. The van der Waals surface area contributed by atoms with Gasteiger partial charge in [-0.25, -0.2) is 0 Å². The predicted molar refractivity (Wildman–Crippen MR) is 238 cm³/mol. The van der Waals surface area contributed by atoms with Crippen molar-refractivity contribution in [2.75, 3.05) is 9.80 Å². The number of fused-ring (bicyclic) bond motifs is 8. The smallest absolute Gasteiger partial charge is 0.0783 e. The van der Waals surface area contributed by atoms with Gasteiger partial charge < -0.3 is 9.80 Å². The Hall–Kier alpha value is -7.42. The van der Waals surface area contributed by atoms with E-state index >= 15 is 0 Å². The monoisotopic (exact) mass is 726 g/mol. The van der Waals surface area contributed by atoms with Crippen LogP contribution in [0.4, 0.5) is 34.1 Å². The molecular weight excluding hydrogens is 689 g/mol. The SMILES string of the molecule is c1ccc(-c2cccc(N3c4ccccc4C4(c5ccccc53)c3ccccc3N(c3cccc(-c5ccccc5)c3)c3ccc(-c5ccccc5)cc34)c2)cc1. The third-order valence-electron chi connectivity index (χ3n) is 11.8. The molecule has 57 heavy (non-hydrogen) atoms. The molecule has 0 unspecified atom stereocenters. The summed E-state index contributed by atoms with van der Waals surface area (Å²) >= 11 is 0. The fraction of sp³-hybridized carbons (Fsp3) is 0.0182. The second kappa shape index (κ2) is 13.4. The van der Waals surface area contributed by atoms with Crippen LogP contribution < -0.4 is 9.80 Å². The summed E-state index contributed by atoms with van der Waals surface area (Å²) in [7, 11) is 0. The lowest BCUT2D eigenvalue weighted by Gasteiger charge is -2.51. The fourth-order valence-electron chi connectivity index (χ4n) is 9.40. The van der Waals surface area contributed by atoms with Crippen LogP contribution in [0.25, 0.3) is 33.4 Å². The topological polar surface area (TPSA) is 6.48 Å². The highest BCUT2D eigenvalue weighted by atomic mass is 15.2. The lowest BCUT2D eigenvalue weighted by atomic mass is 9.60. The minimum atomic E-state index is -0.634. The van der Waals surface area contributed by atoms with Crippen molar-refractivity contribution >= 4 is 34.1 Å². The Morgan fingerprint density at radius 2 is 0.561 bits per heavy atom. The third-order valence-corrected chi connectivity index (χ3v) is 11.8. The maximum absolute atomic E-state index is 2.48. The second-order valence-electron chi connectivity index (χ2n) is 14.9. The van der Waals surface area contributed by atoms with Crippen molar-refractivity contribution in [2.45, 2.75) is 5.41 Å². The van der Waals surface area contributed by atoms with Gasteiger partial charge in [-0.2, -0.15) is 0 Å². The normalized spacial score (nSPS) is 13.3. The molecule has 2 nitrogen and oxygen atoms in total. The summed E-state index contributed by atoms with van der Waals surface area (Å²) in [5.74, 6) is 0. The molecule has 0 saturated heterocycles. The first-order valence-corrected chi connectivity index (χ1v) is 19.7. The first-order chi connectivity index (χ1) is 28.3. The number of rotatable bonds is 5. The maximum atomic E-state index is 2.48. The van der Waals surface area contributed by atoms with Crippen molar-refractivity contribution in [3.05, 3.63) is 253 Å². The molecule has 0 saturated carbocycles. The van der Waals surface area contributed by atoms with Crippen LogP contribution in [-0.2, 0) is 5.41 Å². The van der Waals surface area contributed by atoms with E-state index in [9.17, 15) is 0 Å². The molecule has 2 heterocycles. The zero-order valence-corrected chi connectivity index (χ0v) is 31.3. The predicted octanol–water partition coefficient (Wildman–Crippen LogP) is 14.6. The minimum Gasteiger partial charge on any atom is -0.310 e. The van der Waals surface area contributed by atoms with Gasteiger partial charge in [-0.15, -0.1) is 0 Å². The summed E-state index contributed by atoms with van der Waals surface area (Å²) in [6.07, 6.45) is 0. The van der Waals surface area contributed by atoms with E-state index in [1.165, 1.54) is 78.4 Å². The number of benzene rings is 9. The Bertz CT molecular complexity index is 2810. The third kappa shape index (κ3) is 5.18. The van der Waals surface area contributed by atoms with Crippen LogP contribution in [0.1, 0.15) is 22.3 Å². The van der Waals surface area contributed by atoms with E-state index < -0.39 is 5.41 Å². The van der Waals surface area contributed by atoms with E-state index in [-0.39, 0.29) is 0 Å². The van der Waals surface area contributed by atoms with Crippen LogP contribution in [0.2, 0.25) is 0 Å². The van der Waals surface area contributed by atoms with Crippen molar-refractivity contribution in [3.8, 4) is 33.4 Å². The van der Waals surface area contributed by atoms with E-state index in [0.29, 0.717) is 0 Å². The molecule has 0 radical (unpaired) electrons. The molecule has 9 aromatic carbocycles. The average Bonchev–Trinajstić information content (AvgIpc) is 3.30. The Balaban J connectivity index is 1.21. The summed E-state index contributed by atoms with van der Waals surface area (Å²) in [5, 5.41) is 0. The lowest BCUT2D eigenvalue weighted by molar-refractivity contribution is 0.719. The van der Waals surface area contributed by atoms with Gasteiger partial charge in [-0.1, -0.05) is 176 Å². The Morgan fingerprint density at radius 3 is 0.982 bits per heavy atom. The van der Waals surface area contributed by atoms with Gasteiger partial charge >= 0.3 is 0 Å². The summed E-state index contributed by atoms with van der Waals surface area (Å²) in [4.78, 5) is 4.96. The Kier molecular flexibility index (Phi) is 7.75. The number of para-hydroxylation sites is 3. The molecule has 268 valence electrons. The van der Waals surface area contributed by atoms with Crippen molar-refractivity contribution in [3.63, 3.8) is 0 Å². The van der Waals surface area contributed by atoms with E-state index in [2.05, 4.69) is 240 Å². The molecule has 0 aromatic heterocycles. The fourth-order valence-corrected chi connectivity index (χ4v) is 9.40. The molecule has 0 N–H and O–H groups in total. The number of hydrogen-bond donors (Lipinski definition) is 0. The second-order valence-corrected chi connectivity index (χ2v) is 14.9. The summed E-state index contributed by atoms with van der Waals surface area (Å²) in [6.45, 7) is 0. The van der Waals surface area contributed by atoms with Crippen LogP contribution in [0.15, 0.2) is 231 Å². The average molecular weight is 727 g/mol. The van der Waals surface area contributed by atoms with E-state index in [4.69, 9.17) is 0 Å². The van der Waals surface area contributed by atoms with Gasteiger partial charge in [-0.3, -0.25) is 0 Å². The van der Waals surface area contributed by atoms with Crippen LogP contribution in [-0.4, -0.2) is 0 Å². The molecule has 0 aliphatic carbocycles. The van der Waals surface area contributed by atoms with Gasteiger partial charge in [0.15, 0.2) is 0 Å². The van der Waals surface area contributed by atoms with Crippen molar-refractivity contribution in [1.29, 1.82) is 0 Å². The van der Waals surface area contributed by atoms with Gasteiger partial charge in [0.25, 0.3) is 0 Å². The zero-order chi connectivity index (χ0) is 37.8. The maximum Gasteiger partial charge on any atom is 0.0783 e. The van der Waals surface area contributed by atoms with Crippen molar-refractivity contribution in [1.82, 2.24) is 0 Å². The molecule has 0 fully saturated rings. The molecule has 11 rings (SSSR count). The van der Waals surface area contributed by atoms with Crippen LogP contribution in [0, 0.1) is 0 Å². The molecule has 2 heteroatoms. The minimum absolute atomic E-state index is 0.634. The lowest BCUT2D eigenvalue weighted by Crippen LogP contribution is -2.42. The molecule has 0 atom stereocenters. The molecule has 1 spiro atoms. The first-order valence-electron chi connectivity index (χ1n) is 19.7. The highest BCUT2D eigenvalue weighted by Gasteiger charge is 2.51. The quantitative estimate of drug-likeness (QED) is 0.174. The highest BCUT2D eigenvalue weighted by Crippen LogP contribution is 2.64. The zero-order valence-electron chi connectivity index (χ0n) is 31.3. The van der Waals surface area contributed by atoms with Crippen LogP contribution >= 0.6 is 0 Å². The molecule has 2 aliphatic heterocycles. The van der Waals surface area contributed by atoms with E-state index in [1.807, 2.05) is 0 Å². The van der Waals surface area contributed by atoms with E-state index in [1.54, 1.807) is 0 Å². The van der Waals surface area contributed by atoms with Crippen molar-refractivity contribution < 1.29 is 0 Å². The molecule has 2 aliphatic rings. The summed E-state index contributed by atoms with van der Waals surface area (Å²) in [6, 6.07) is 84.4. The van der Waals surface area contributed by atoms with Gasteiger partial charge in [-0.05, 0) is 110 Å². The standard InChI is InChI=1S/C55H38N2/c1-4-18-39(19-5-1)42-24-16-26-45(36-42)56-51-31-13-10-28-47(51)55(48-29-11-14-32-52(48)56)49-30-12-15-33-53(49)57(46-27-17-25-43(37-46)40-20-6-2-7-21-40)54-35-34-44(38-50(54)55)41-22-8-3-9-23-41/h1-38H. The van der Waals surface area contributed by atoms with Gasteiger partial charge in [0.2, 0.25) is 0 Å². The molecule has 0 amide bonds. The van der Waals surface area contributed by atoms with Crippen LogP contribution in [0.5, 0.6) is 0 Å². The Morgan fingerprint density at radius 1 is 0.228 bits per heavy atom. The molecule has 0 bridgehead atoms. The van der Waals surface area contributed by atoms with Gasteiger partial charge in [0.1, 0.15) is 0 Å². The summed E-state index contributed by atoms with van der Waals surface area (Å²) in [5.41, 5.74) is 18.5. The van der Waals surface area contributed by atoms with Gasteiger partial charge in [0, 0.05) is 11.4 Å². The summed E-state index contributed by atoms with van der Waals surface area (Å²) < 4.78 is 0. The first kappa shape index (κ1) is 33.0. The van der Waals surface area contributed by atoms with Crippen LogP contribution in [0.3, 0.4) is 0 Å². The molecule has 9 aromatic rings.